The van der Waals surface area contributed by atoms with E-state index in [4.69, 9.17) is 4.74 Å². The van der Waals surface area contributed by atoms with Crippen LogP contribution in [0.2, 0.25) is 0 Å². The third kappa shape index (κ3) is 4.37. The summed E-state index contributed by atoms with van der Waals surface area (Å²) in [4.78, 5) is 20.6. The van der Waals surface area contributed by atoms with E-state index < -0.39 is 0 Å². The third-order valence-electron chi connectivity index (χ3n) is 6.23. The Morgan fingerprint density at radius 3 is 2.30 bits per heavy atom. The monoisotopic (exact) mass is 490 g/mol. The molecule has 0 aliphatic rings. The van der Waals surface area contributed by atoms with E-state index in [0.29, 0.717) is 22.9 Å². The van der Waals surface area contributed by atoms with Crippen molar-refractivity contribution in [1.29, 1.82) is 5.26 Å². The Bertz CT molecular complexity index is 1690. The SMILES string of the molecule is COc1ccc(-n2nc(C#N)c3nc(C)n(-c4ccc(-c5ccccc5CN(C)C)cc4)c(=O)c32)cc1. The predicted octanol–water partition coefficient (Wildman–Crippen LogP) is 4.49. The largest absolute Gasteiger partial charge is 0.497 e. The van der Waals surface area contributed by atoms with Gasteiger partial charge in [-0.15, -0.1) is 0 Å². The van der Waals surface area contributed by atoms with Crippen LogP contribution in [0.5, 0.6) is 5.75 Å². The van der Waals surface area contributed by atoms with Gasteiger partial charge >= 0.3 is 0 Å². The molecule has 0 fully saturated rings. The number of methoxy groups -OCH3 is 1. The number of hydrogen-bond donors (Lipinski definition) is 0. The molecule has 2 heterocycles. The van der Waals surface area contributed by atoms with Gasteiger partial charge in [-0.1, -0.05) is 36.4 Å². The van der Waals surface area contributed by atoms with E-state index in [1.54, 1.807) is 42.9 Å². The minimum atomic E-state index is -0.298. The van der Waals surface area contributed by atoms with Crippen molar-refractivity contribution < 1.29 is 4.74 Å². The highest BCUT2D eigenvalue weighted by atomic mass is 16.5. The molecule has 8 heteroatoms. The second-order valence-electron chi connectivity index (χ2n) is 9.01. The fraction of sp³-hybridized carbons (Fsp3) is 0.172. The van der Waals surface area contributed by atoms with Gasteiger partial charge in [0.25, 0.3) is 5.56 Å². The maximum absolute atomic E-state index is 13.8. The van der Waals surface area contributed by atoms with Crippen molar-refractivity contribution in [2.75, 3.05) is 21.2 Å². The first-order valence-corrected chi connectivity index (χ1v) is 11.8. The second kappa shape index (κ2) is 9.72. The van der Waals surface area contributed by atoms with Crippen LogP contribution in [0.4, 0.5) is 0 Å². The van der Waals surface area contributed by atoms with Gasteiger partial charge in [-0.2, -0.15) is 10.4 Å². The van der Waals surface area contributed by atoms with E-state index in [2.05, 4.69) is 33.2 Å². The highest BCUT2D eigenvalue weighted by Gasteiger charge is 2.20. The first-order valence-electron chi connectivity index (χ1n) is 11.8. The van der Waals surface area contributed by atoms with E-state index >= 15 is 0 Å². The van der Waals surface area contributed by atoms with E-state index in [9.17, 15) is 10.1 Å². The van der Waals surface area contributed by atoms with Gasteiger partial charge in [0.15, 0.2) is 11.2 Å². The molecule has 0 saturated carbocycles. The van der Waals surface area contributed by atoms with Crippen LogP contribution in [-0.2, 0) is 6.54 Å². The van der Waals surface area contributed by atoms with E-state index in [1.807, 2.05) is 50.5 Å². The Kier molecular flexibility index (Phi) is 6.30. The lowest BCUT2D eigenvalue weighted by Gasteiger charge is -2.15. The lowest BCUT2D eigenvalue weighted by molar-refractivity contribution is 0.403. The van der Waals surface area contributed by atoms with Gasteiger partial charge in [0.2, 0.25) is 0 Å². The van der Waals surface area contributed by atoms with Crippen LogP contribution in [0.1, 0.15) is 17.1 Å². The van der Waals surface area contributed by atoms with Gasteiger partial charge in [0.05, 0.1) is 18.5 Å². The first-order chi connectivity index (χ1) is 17.9. The molecule has 0 aliphatic carbocycles. The highest BCUT2D eigenvalue weighted by Crippen LogP contribution is 2.26. The number of ether oxygens (including phenoxy) is 1. The van der Waals surface area contributed by atoms with Crippen molar-refractivity contribution in [2.45, 2.75) is 13.5 Å². The number of rotatable bonds is 6. The molecular weight excluding hydrogens is 464 g/mol. The summed E-state index contributed by atoms with van der Waals surface area (Å²) in [6, 6.07) is 25.4. The highest BCUT2D eigenvalue weighted by molar-refractivity contribution is 5.81. The number of hydrogen-bond acceptors (Lipinski definition) is 6. The molecule has 37 heavy (non-hydrogen) atoms. The summed E-state index contributed by atoms with van der Waals surface area (Å²) in [6.07, 6.45) is 0. The Morgan fingerprint density at radius 2 is 1.65 bits per heavy atom. The molecule has 0 amide bonds. The molecule has 0 radical (unpaired) electrons. The van der Waals surface area contributed by atoms with Crippen LogP contribution < -0.4 is 10.3 Å². The number of nitrogens with zero attached hydrogens (tertiary/aromatic N) is 6. The van der Waals surface area contributed by atoms with Crippen LogP contribution in [0.3, 0.4) is 0 Å². The molecule has 0 atom stereocenters. The number of aromatic nitrogens is 4. The number of nitriles is 1. The Labute approximate surface area is 214 Å². The van der Waals surface area contributed by atoms with Crippen LogP contribution >= 0.6 is 0 Å². The van der Waals surface area contributed by atoms with Crippen LogP contribution in [0.25, 0.3) is 33.5 Å². The maximum Gasteiger partial charge on any atom is 0.284 e. The zero-order valence-corrected chi connectivity index (χ0v) is 21.1. The van der Waals surface area contributed by atoms with Crippen molar-refractivity contribution >= 4 is 11.0 Å². The topological polar surface area (TPSA) is 89.0 Å². The summed E-state index contributed by atoms with van der Waals surface area (Å²) < 4.78 is 8.27. The molecule has 8 nitrogen and oxygen atoms in total. The van der Waals surface area contributed by atoms with Gasteiger partial charge in [-0.25, -0.2) is 9.67 Å². The van der Waals surface area contributed by atoms with Crippen LogP contribution in [0, 0.1) is 18.3 Å². The minimum absolute atomic E-state index is 0.103. The molecule has 0 aliphatic heterocycles. The van der Waals surface area contributed by atoms with Gasteiger partial charge < -0.3 is 9.64 Å². The lowest BCUT2D eigenvalue weighted by atomic mass is 9.99. The van der Waals surface area contributed by atoms with Gasteiger partial charge in [-0.05, 0) is 74.1 Å². The molecule has 0 saturated heterocycles. The minimum Gasteiger partial charge on any atom is -0.497 e. The normalized spacial score (nSPS) is 11.1. The fourth-order valence-corrected chi connectivity index (χ4v) is 4.53. The summed E-state index contributed by atoms with van der Waals surface area (Å²) in [5.74, 6) is 1.16. The van der Waals surface area contributed by atoms with Gasteiger partial charge in [-0.3, -0.25) is 9.36 Å². The van der Waals surface area contributed by atoms with Crippen LogP contribution in [-0.4, -0.2) is 45.4 Å². The summed E-state index contributed by atoms with van der Waals surface area (Å²) in [7, 11) is 5.68. The average molecular weight is 491 g/mol. The zero-order chi connectivity index (χ0) is 26.1. The quantitative estimate of drug-likeness (QED) is 0.349. The van der Waals surface area contributed by atoms with Crippen molar-refractivity contribution in [3.05, 3.63) is 100 Å². The third-order valence-corrected chi connectivity index (χ3v) is 6.23. The molecule has 5 aromatic rings. The molecule has 0 unspecified atom stereocenters. The first kappa shape index (κ1) is 24.0. The summed E-state index contributed by atoms with van der Waals surface area (Å²) >= 11 is 0. The molecule has 0 spiro atoms. The maximum atomic E-state index is 13.8. The van der Waals surface area contributed by atoms with Crippen molar-refractivity contribution in [3.8, 4) is 34.3 Å². The molecular formula is C29H26N6O2. The van der Waals surface area contributed by atoms with Crippen molar-refractivity contribution in [2.24, 2.45) is 0 Å². The van der Waals surface area contributed by atoms with Gasteiger partial charge in [0.1, 0.15) is 23.2 Å². The second-order valence-corrected chi connectivity index (χ2v) is 9.01. The summed E-state index contributed by atoms with van der Waals surface area (Å²) in [6.45, 7) is 2.58. The average Bonchev–Trinajstić information content (AvgIpc) is 3.28. The Hall–Kier alpha value is -4.74. The smallest absolute Gasteiger partial charge is 0.284 e. The Morgan fingerprint density at radius 1 is 0.973 bits per heavy atom. The molecule has 0 N–H and O–H groups in total. The summed E-state index contributed by atoms with van der Waals surface area (Å²) in [5, 5.41) is 14.1. The summed E-state index contributed by atoms with van der Waals surface area (Å²) in [5.41, 5.74) is 5.09. The number of benzene rings is 3. The predicted molar refractivity (Wildman–Crippen MR) is 143 cm³/mol. The Balaban J connectivity index is 1.64. The van der Waals surface area contributed by atoms with E-state index in [1.165, 1.54) is 10.2 Å². The lowest BCUT2D eigenvalue weighted by Crippen LogP contribution is -2.24. The van der Waals surface area contributed by atoms with Gasteiger partial charge in [0, 0.05) is 6.54 Å². The van der Waals surface area contributed by atoms with Crippen molar-refractivity contribution in [1.82, 2.24) is 24.2 Å². The molecule has 0 bridgehead atoms. The molecule has 2 aromatic heterocycles. The molecule has 184 valence electrons. The van der Waals surface area contributed by atoms with Crippen LogP contribution in [0.15, 0.2) is 77.6 Å². The number of aryl methyl sites for hydroxylation is 1. The standard InChI is InChI=1S/C29H26N6O2/c1-19-31-27-26(17-30)32-35(23-13-15-24(37-4)16-14-23)28(27)29(36)34(19)22-11-9-20(10-12-22)25-8-6-5-7-21(25)18-33(2)3/h5-16H,18H2,1-4H3. The number of fused-ring (bicyclic) bond motifs is 1. The van der Waals surface area contributed by atoms with E-state index in [-0.39, 0.29) is 22.3 Å². The molecule has 3 aromatic carbocycles. The zero-order valence-electron chi connectivity index (χ0n) is 21.1. The van der Waals surface area contributed by atoms with E-state index in [0.717, 1.165) is 17.7 Å². The van der Waals surface area contributed by atoms with Crippen molar-refractivity contribution in [3.63, 3.8) is 0 Å². The molecule has 5 rings (SSSR count). The fourth-order valence-electron chi connectivity index (χ4n) is 4.53.